The maximum absolute atomic E-state index is 13.7. The molecule has 2 N–H and O–H groups in total. The van der Waals surface area contributed by atoms with Crippen molar-refractivity contribution in [2.45, 2.75) is 26.7 Å². The Kier molecular flexibility index (Phi) is 6.81. The van der Waals surface area contributed by atoms with Gasteiger partial charge in [-0.25, -0.2) is 4.39 Å². The van der Waals surface area contributed by atoms with Gasteiger partial charge in [0.2, 0.25) is 0 Å². The number of carbonyl (C=O) groups is 2. The average molecular weight is 360 g/mol. The summed E-state index contributed by atoms with van der Waals surface area (Å²) in [6.45, 7) is 4.20. The minimum absolute atomic E-state index is 0.0126. The monoisotopic (exact) mass is 359 g/mol. The van der Waals surface area contributed by atoms with E-state index in [1.165, 1.54) is 12.1 Å². The van der Waals surface area contributed by atoms with Crippen LogP contribution in [0.15, 0.2) is 22.7 Å². The van der Waals surface area contributed by atoms with Crippen molar-refractivity contribution in [3.63, 3.8) is 0 Å². The van der Waals surface area contributed by atoms with E-state index in [0.717, 1.165) is 0 Å². The molecule has 6 heteroatoms. The van der Waals surface area contributed by atoms with Gasteiger partial charge in [-0.3, -0.25) is 9.59 Å². The molecule has 0 aliphatic carbocycles. The highest BCUT2D eigenvalue weighted by Crippen LogP contribution is 2.17. The lowest BCUT2D eigenvalue weighted by atomic mass is 9.94. The molecule has 0 radical (unpaired) electrons. The summed E-state index contributed by atoms with van der Waals surface area (Å²) in [5.74, 6) is -1.87. The molecular weight excluding hydrogens is 341 g/mol. The maximum atomic E-state index is 13.7. The van der Waals surface area contributed by atoms with Gasteiger partial charge in [-0.15, -0.1) is 0 Å². The number of carboxylic acid groups (broad SMARTS) is 1. The molecule has 1 amide bonds. The minimum Gasteiger partial charge on any atom is -0.481 e. The smallest absolute Gasteiger partial charge is 0.303 e. The highest BCUT2D eigenvalue weighted by Gasteiger charge is 2.18. The summed E-state index contributed by atoms with van der Waals surface area (Å²) in [7, 11) is 0. The van der Waals surface area contributed by atoms with Crippen LogP contribution in [0.1, 0.15) is 37.0 Å². The SMILES string of the molecule is CC(C)CC(CNC(=O)c1ccc(Br)cc1F)CC(=O)O. The van der Waals surface area contributed by atoms with Crippen LogP contribution in [0.4, 0.5) is 4.39 Å². The first-order chi connectivity index (χ1) is 9.79. The molecule has 0 bridgehead atoms. The Hall–Kier alpha value is -1.43. The van der Waals surface area contributed by atoms with Crippen molar-refractivity contribution in [2.24, 2.45) is 11.8 Å². The van der Waals surface area contributed by atoms with Gasteiger partial charge in [-0.1, -0.05) is 29.8 Å². The molecule has 1 aromatic rings. The predicted molar refractivity (Wildman–Crippen MR) is 81.6 cm³/mol. The Morgan fingerprint density at radius 2 is 2.05 bits per heavy atom. The third-order valence-corrected chi connectivity index (χ3v) is 3.49. The van der Waals surface area contributed by atoms with Crippen LogP contribution in [-0.4, -0.2) is 23.5 Å². The normalized spacial score (nSPS) is 12.2. The highest BCUT2D eigenvalue weighted by atomic mass is 79.9. The zero-order valence-corrected chi connectivity index (χ0v) is 13.6. The van der Waals surface area contributed by atoms with Gasteiger partial charge in [0, 0.05) is 17.4 Å². The van der Waals surface area contributed by atoms with Gasteiger partial charge < -0.3 is 10.4 Å². The molecule has 0 aliphatic heterocycles. The van der Waals surface area contributed by atoms with Gasteiger partial charge >= 0.3 is 5.97 Å². The van der Waals surface area contributed by atoms with Crippen LogP contribution in [0.3, 0.4) is 0 Å². The van der Waals surface area contributed by atoms with Crippen molar-refractivity contribution in [3.05, 3.63) is 34.1 Å². The number of aliphatic carboxylic acids is 1. The summed E-state index contributed by atoms with van der Waals surface area (Å²) < 4.78 is 14.2. The summed E-state index contributed by atoms with van der Waals surface area (Å²) in [6.07, 6.45) is 0.677. The van der Waals surface area contributed by atoms with Crippen LogP contribution >= 0.6 is 15.9 Å². The minimum atomic E-state index is -0.898. The number of hydrogen-bond acceptors (Lipinski definition) is 2. The van der Waals surface area contributed by atoms with Gasteiger partial charge in [0.25, 0.3) is 5.91 Å². The first-order valence-electron chi connectivity index (χ1n) is 6.74. The fourth-order valence-electron chi connectivity index (χ4n) is 2.16. The molecule has 1 unspecified atom stereocenters. The van der Waals surface area contributed by atoms with E-state index in [4.69, 9.17) is 5.11 Å². The van der Waals surface area contributed by atoms with E-state index >= 15 is 0 Å². The summed E-state index contributed by atoms with van der Waals surface area (Å²) in [5, 5.41) is 11.5. The molecule has 1 atom stereocenters. The van der Waals surface area contributed by atoms with Crippen LogP contribution in [0, 0.1) is 17.7 Å². The summed E-state index contributed by atoms with van der Waals surface area (Å²) in [6, 6.07) is 4.20. The molecule has 0 aromatic heterocycles. The molecule has 116 valence electrons. The lowest BCUT2D eigenvalue weighted by molar-refractivity contribution is -0.138. The van der Waals surface area contributed by atoms with Crippen LogP contribution < -0.4 is 5.32 Å². The topological polar surface area (TPSA) is 66.4 Å². The average Bonchev–Trinajstić information content (AvgIpc) is 2.34. The Balaban J connectivity index is 2.65. The lowest BCUT2D eigenvalue weighted by Crippen LogP contribution is -2.31. The van der Waals surface area contributed by atoms with Crippen molar-refractivity contribution in [1.29, 1.82) is 0 Å². The molecule has 0 saturated carbocycles. The van der Waals surface area contributed by atoms with E-state index in [2.05, 4.69) is 21.2 Å². The zero-order chi connectivity index (χ0) is 16.0. The Morgan fingerprint density at radius 1 is 1.38 bits per heavy atom. The van der Waals surface area contributed by atoms with Crippen molar-refractivity contribution < 1.29 is 19.1 Å². The molecule has 0 heterocycles. The first-order valence-corrected chi connectivity index (χ1v) is 7.54. The molecule has 0 saturated heterocycles. The number of rotatable bonds is 7. The van der Waals surface area contributed by atoms with Gasteiger partial charge in [-0.05, 0) is 36.5 Å². The summed E-state index contributed by atoms with van der Waals surface area (Å²) >= 11 is 3.12. The van der Waals surface area contributed by atoms with Crippen LogP contribution in [0.5, 0.6) is 0 Å². The third kappa shape index (κ3) is 6.25. The molecule has 0 spiro atoms. The van der Waals surface area contributed by atoms with Gasteiger partial charge in [0.05, 0.1) is 5.56 Å². The number of nitrogens with one attached hydrogen (secondary N) is 1. The zero-order valence-electron chi connectivity index (χ0n) is 12.0. The molecular formula is C15H19BrFNO3. The second kappa shape index (κ2) is 8.12. The van der Waals surface area contributed by atoms with E-state index < -0.39 is 17.7 Å². The van der Waals surface area contributed by atoms with Gasteiger partial charge in [-0.2, -0.15) is 0 Å². The van der Waals surface area contributed by atoms with E-state index in [1.54, 1.807) is 6.07 Å². The van der Waals surface area contributed by atoms with Gasteiger partial charge in [0.15, 0.2) is 0 Å². The van der Waals surface area contributed by atoms with Gasteiger partial charge in [0.1, 0.15) is 5.82 Å². The second-order valence-electron chi connectivity index (χ2n) is 5.43. The van der Waals surface area contributed by atoms with Crippen LogP contribution in [-0.2, 0) is 4.79 Å². The van der Waals surface area contributed by atoms with E-state index in [-0.39, 0.29) is 24.4 Å². The standard InChI is InChI=1S/C15H19BrFNO3/c1-9(2)5-10(6-14(19)20)8-18-15(21)12-4-3-11(16)7-13(12)17/h3-4,7,9-10H,5-6,8H2,1-2H3,(H,18,21)(H,19,20). The van der Waals surface area contributed by atoms with Crippen molar-refractivity contribution in [3.8, 4) is 0 Å². The molecule has 0 fully saturated rings. The second-order valence-corrected chi connectivity index (χ2v) is 6.34. The molecule has 4 nitrogen and oxygen atoms in total. The number of amides is 1. The van der Waals surface area contributed by atoms with E-state index in [0.29, 0.717) is 16.8 Å². The summed E-state index contributed by atoms with van der Waals surface area (Å²) in [5.41, 5.74) is -0.0446. The quantitative estimate of drug-likeness (QED) is 0.783. The molecule has 21 heavy (non-hydrogen) atoms. The van der Waals surface area contributed by atoms with E-state index in [9.17, 15) is 14.0 Å². The van der Waals surface area contributed by atoms with Crippen molar-refractivity contribution in [1.82, 2.24) is 5.32 Å². The van der Waals surface area contributed by atoms with Crippen molar-refractivity contribution >= 4 is 27.8 Å². The van der Waals surface area contributed by atoms with Crippen molar-refractivity contribution in [2.75, 3.05) is 6.54 Å². The largest absolute Gasteiger partial charge is 0.481 e. The third-order valence-electron chi connectivity index (χ3n) is 3.00. The Labute approximate surface area is 131 Å². The first kappa shape index (κ1) is 17.6. The lowest BCUT2D eigenvalue weighted by Gasteiger charge is -2.18. The number of halogens is 2. The fraction of sp³-hybridized carbons (Fsp3) is 0.467. The Bertz CT molecular complexity index is 520. The molecule has 1 aromatic carbocycles. The molecule has 1 rings (SSSR count). The maximum Gasteiger partial charge on any atom is 0.303 e. The predicted octanol–water partition coefficient (Wildman–Crippen LogP) is 3.46. The van der Waals surface area contributed by atoms with Crippen LogP contribution in [0.2, 0.25) is 0 Å². The van der Waals surface area contributed by atoms with E-state index in [1.807, 2.05) is 13.8 Å². The number of carboxylic acids is 1. The Morgan fingerprint density at radius 3 is 2.57 bits per heavy atom. The number of hydrogen-bond donors (Lipinski definition) is 2. The number of carbonyl (C=O) groups excluding carboxylic acids is 1. The fourth-order valence-corrected chi connectivity index (χ4v) is 2.49. The highest BCUT2D eigenvalue weighted by molar-refractivity contribution is 9.10. The number of benzene rings is 1. The molecule has 0 aliphatic rings. The summed E-state index contributed by atoms with van der Waals surface area (Å²) in [4.78, 5) is 22.8. The van der Waals surface area contributed by atoms with Crippen LogP contribution in [0.25, 0.3) is 0 Å².